The molecule has 2 aromatic carbocycles. The summed E-state index contributed by atoms with van der Waals surface area (Å²) in [4.78, 5) is 32.2. The van der Waals surface area contributed by atoms with E-state index in [2.05, 4.69) is 10.3 Å². The number of hydrogen-bond acceptors (Lipinski definition) is 4. The summed E-state index contributed by atoms with van der Waals surface area (Å²) >= 11 is 1.40. The van der Waals surface area contributed by atoms with Gasteiger partial charge in [0.15, 0.2) is 5.13 Å². The normalized spacial score (nSPS) is 18.9. The third kappa shape index (κ3) is 3.13. The maximum atomic E-state index is 13.3. The zero-order valence-corrected chi connectivity index (χ0v) is 15.9. The van der Waals surface area contributed by atoms with E-state index in [0.29, 0.717) is 10.7 Å². The Labute approximate surface area is 161 Å². The molecule has 2 amide bonds. The molecule has 27 heavy (non-hydrogen) atoms. The Morgan fingerprint density at radius 1 is 1.11 bits per heavy atom. The molecule has 3 aromatic rings. The van der Waals surface area contributed by atoms with E-state index in [1.54, 1.807) is 18.0 Å². The van der Waals surface area contributed by atoms with Gasteiger partial charge in [-0.1, -0.05) is 48.5 Å². The van der Waals surface area contributed by atoms with Crippen LogP contribution in [0.15, 0.2) is 60.0 Å². The number of rotatable bonds is 3. The molecule has 1 aromatic heterocycles. The van der Waals surface area contributed by atoms with Crippen molar-refractivity contribution in [3.8, 4) is 0 Å². The highest BCUT2D eigenvalue weighted by Gasteiger charge is 2.42. The number of carbonyl (C=O) groups is 2. The quantitative estimate of drug-likeness (QED) is 0.750. The fourth-order valence-corrected chi connectivity index (χ4v) is 4.31. The van der Waals surface area contributed by atoms with Crippen LogP contribution in [0.3, 0.4) is 0 Å². The highest BCUT2D eigenvalue weighted by atomic mass is 32.1. The topological polar surface area (TPSA) is 62.3 Å². The maximum Gasteiger partial charge on any atom is 0.254 e. The minimum Gasteiger partial charge on any atom is -0.334 e. The first kappa shape index (κ1) is 17.4. The van der Waals surface area contributed by atoms with Crippen LogP contribution in [0.5, 0.6) is 0 Å². The van der Waals surface area contributed by atoms with Gasteiger partial charge in [-0.3, -0.25) is 9.59 Å². The van der Waals surface area contributed by atoms with Crippen LogP contribution >= 0.6 is 11.3 Å². The van der Waals surface area contributed by atoms with Gasteiger partial charge >= 0.3 is 0 Å². The van der Waals surface area contributed by atoms with Crippen molar-refractivity contribution in [2.75, 3.05) is 12.4 Å². The lowest BCUT2D eigenvalue weighted by Gasteiger charge is -2.39. The number of amides is 2. The van der Waals surface area contributed by atoms with Crippen molar-refractivity contribution in [2.45, 2.75) is 18.9 Å². The predicted octanol–water partition coefficient (Wildman–Crippen LogP) is 4.00. The Balaban J connectivity index is 1.81. The van der Waals surface area contributed by atoms with Gasteiger partial charge in [0, 0.05) is 18.0 Å². The summed E-state index contributed by atoms with van der Waals surface area (Å²) in [5.41, 5.74) is 3.12. The molecule has 5 nitrogen and oxygen atoms in total. The monoisotopic (exact) mass is 377 g/mol. The van der Waals surface area contributed by atoms with Gasteiger partial charge in [0.25, 0.3) is 5.91 Å². The molecule has 0 bridgehead atoms. The number of carbonyl (C=O) groups excluding carboxylic acids is 2. The summed E-state index contributed by atoms with van der Waals surface area (Å²) in [7, 11) is 1.75. The largest absolute Gasteiger partial charge is 0.334 e. The number of hydrogen-bond donors (Lipinski definition) is 1. The predicted molar refractivity (Wildman–Crippen MR) is 106 cm³/mol. The second-order valence-corrected chi connectivity index (χ2v) is 7.48. The molecule has 0 unspecified atom stereocenters. The lowest BCUT2D eigenvalue weighted by atomic mass is 9.79. The van der Waals surface area contributed by atoms with Gasteiger partial charge in [0.1, 0.15) is 0 Å². The van der Waals surface area contributed by atoms with E-state index in [1.807, 2.05) is 60.8 Å². The van der Waals surface area contributed by atoms with E-state index in [-0.39, 0.29) is 17.9 Å². The SMILES string of the molecule is Cc1csc(NC(=O)[C@@H]2c3ccccc3C(=O)N(C)[C@H]2c2ccccc2)n1. The Morgan fingerprint density at radius 2 is 1.81 bits per heavy atom. The Morgan fingerprint density at radius 3 is 2.52 bits per heavy atom. The van der Waals surface area contributed by atoms with Gasteiger partial charge in [0.2, 0.25) is 5.91 Å². The summed E-state index contributed by atoms with van der Waals surface area (Å²) in [5.74, 6) is -0.755. The first-order chi connectivity index (χ1) is 13.1. The zero-order chi connectivity index (χ0) is 19.0. The highest BCUT2D eigenvalue weighted by Crippen LogP contribution is 2.42. The number of thiazole rings is 1. The number of nitrogens with one attached hydrogen (secondary N) is 1. The van der Waals surface area contributed by atoms with E-state index in [4.69, 9.17) is 0 Å². The summed E-state index contributed by atoms with van der Waals surface area (Å²) in [6.45, 7) is 1.89. The molecule has 1 aliphatic heterocycles. The molecule has 6 heteroatoms. The molecule has 0 fully saturated rings. The Bertz CT molecular complexity index is 999. The van der Waals surface area contributed by atoms with E-state index >= 15 is 0 Å². The van der Waals surface area contributed by atoms with E-state index < -0.39 is 5.92 Å². The van der Waals surface area contributed by atoms with Crippen LogP contribution in [-0.2, 0) is 4.79 Å². The van der Waals surface area contributed by atoms with E-state index in [1.165, 1.54) is 11.3 Å². The van der Waals surface area contributed by atoms with Crippen LogP contribution in [0.4, 0.5) is 5.13 Å². The van der Waals surface area contributed by atoms with Crippen molar-refractivity contribution in [2.24, 2.45) is 0 Å². The first-order valence-corrected chi connectivity index (χ1v) is 9.58. The molecule has 0 aliphatic carbocycles. The molecule has 2 atom stereocenters. The van der Waals surface area contributed by atoms with Crippen LogP contribution in [0, 0.1) is 6.92 Å². The van der Waals surface area contributed by atoms with Crippen molar-refractivity contribution in [1.82, 2.24) is 9.88 Å². The smallest absolute Gasteiger partial charge is 0.254 e. The Hall–Kier alpha value is -2.99. The van der Waals surface area contributed by atoms with Crippen LogP contribution in [0.2, 0.25) is 0 Å². The highest BCUT2D eigenvalue weighted by molar-refractivity contribution is 7.13. The second kappa shape index (κ2) is 6.96. The number of anilines is 1. The van der Waals surface area contributed by atoms with Crippen LogP contribution < -0.4 is 5.32 Å². The van der Waals surface area contributed by atoms with Gasteiger partial charge in [0.05, 0.1) is 17.7 Å². The molecule has 1 N–H and O–H groups in total. The van der Waals surface area contributed by atoms with Crippen LogP contribution in [-0.4, -0.2) is 28.7 Å². The minimum absolute atomic E-state index is 0.0754. The fourth-order valence-electron chi connectivity index (χ4n) is 3.62. The summed E-state index contributed by atoms with van der Waals surface area (Å²) in [5, 5.41) is 5.41. The molecule has 4 rings (SSSR count). The molecule has 0 saturated carbocycles. The maximum absolute atomic E-state index is 13.3. The third-order valence-electron chi connectivity index (χ3n) is 4.85. The van der Waals surface area contributed by atoms with Gasteiger partial charge < -0.3 is 10.2 Å². The molecular formula is C21H19N3O2S. The van der Waals surface area contributed by atoms with Crippen molar-refractivity contribution < 1.29 is 9.59 Å². The number of aromatic nitrogens is 1. The van der Waals surface area contributed by atoms with Gasteiger partial charge in [-0.2, -0.15) is 0 Å². The molecule has 1 aliphatic rings. The molecular weight excluding hydrogens is 358 g/mol. The summed E-state index contributed by atoms with van der Waals surface area (Å²) in [6.07, 6.45) is 0. The number of likely N-dealkylation sites (N-methyl/N-ethyl adjacent to an activating group) is 1. The van der Waals surface area contributed by atoms with Crippen LogP contribution in [0.25, 0.3) is 0 Å². The van der Waals surface area contributed by atoms with Gasteiger partial charge in [-0.15, -0.1) is 11.3 Å². The van der Waals surface area contributed by atoms with E-state index in [0.717, 1.165) is 16.8 Å². The average Bonchev–Trinajstić information content (AvgIpc) is 3.09. The molecule has 0 spiro atoms. The minimum atomic E-state index is -0.518. The van der Waals surface area contributed by atoms with Crippen molar-refractivity contribution in [3.05, 3.63) is 82.4 Å². The lowest BCUT2D eigenvalue weighted by Crippen LogP contribution is -2.44. The number of aryl methyl sites for hydroxylation is 1. The zero-order valence-electron chi connectivity index (χ0n) is 15.0. The van der Waals surface area contributed by atoms with Gasteiger partial charge in [-0.05, 0) is 24.1 Å². The average molecular weight is 377 g/mol. The molecule has 2 heterocycles. The molecule has 0 saturated heterocycles. The third-order valence-corrected chi connectivity index (χ3v) is 5.73. The van der Waals surface area contributed by atoms with Crippen molar-refractivity contribution >= 4 is 28.3 Å². The fraction of sp³-hybridized carbons (Fsp3) is 0.190. The van der Waals surface area contributed by atoms with Gasteiger partial charge in [-0.25, -0.2) is 4.98 Å². The first-order valence-electron chi connectivity index (χ1n) is 8.70. The summed E-state index contributed by atoms with van der Waals surface area (Å²) in [6, 6.07) is 16.6. The number of benzene rings is 2. The Kier molecular flexibility index (Phi) is 4.49. The van der Waals surface area contributed by atoms with Crippen molar-refractivity contribution in [3.63, 3.8) is 0 Å². The van der Waals surface area contributed by atoms with Crippen molar-refractivity contribution in [1.29, 1.82) is 0 Å². The summed E-state index contributed by atoms with van der Waals surface area (Å²) < 4.78 is 0. The van der Waals surface area contributed by atoms with E-state index in [9.17, 15) is 9.59 Å². The standard InChI is InChI=1S/C21H19N3O2S/c1-13-12-27-21(22-13)23-19(25)17-15-10-6-7-11-16(15)20(26)24(2)18(17)14-8-4-3-5-9-14/h3-12,17-18H,1-2H3,(H,22,23,25)/t17-,18+/m1/s1. The molecule has 0 radical (unpaired) electrons. The second-order valence-electron chi connectivity index (χ2n) is 6.62. The molecule has 136 valence electrons. The van der Waals surface area contributed by atoms with Crippen LogP contribution in [0.1, 0.15) is 39.1 Å². The lowest BCUT2D eigenvalue weighted by molar-refractivity contribution is -0.119. The number of nitrogens with zero attached hydrogens (tertiary/aromatic N) is 2. The number of fused-ring (bicyclic) bond motifs is 1.